The molecule has 11 heavy (non-hydrogen) atoms. The molecule has 0 aliphatic carbocycles. The average Bonchev–Trinajstić information content (AvgIpc) is 1.97. The van der Waals surface area contributed by atoms with Crippen LogP contribution in [0.15, 0.2) is 27.8 Å². The Labute approximate surface area is 67.3 Å². The molecule has 0 rings (SSSR count). The van der Waals surface area contributed by atoms with E-state index >= 15 is 0 Å². The number of hydrogen-bond acceptors (Lipinski definition) is 1. The Morgan fingerprint density at radius 2 is 2.09 bits per heavy atom. The number of aliphatic imine (C=N–C) groups is 3. The van der Waals surface area contributed by atoms with Gasteiger partial charge in [0.15, 0.2) is 0 Å². The van der Waals surface area contributed by atoms with Crippen molar-refractivity contribution in [3.63, 3.8) is 0 Å². The number of hydrogen-bond donors (Lipinski definition) is 0. The molecule has 0 amide bonds. The highest BCUT2D eigenvalue weighted by Crippen LogP contribution is 1.96. The molecule has 0 aromatic carbocycles. The van der Waals surface area contributed by atoms with Gasteiger partial charge in [-0.05, 0) is 6.72 Å². The highest BCUT2D eigenvalue weighted by molar-refractivity contribution is 5.93. The van der Waals surface area contributed by atoms with Crippen LogP contribution < -0.4 is 0 Å². The highest BCUT2D eigenvalue weighted by atomic mass is 14.9. The van der Waals surface area contributed by atoms with E-state index in [0.717, 1.165) is 0 Å². The average molecular weight is 151 g/mol. The quantitative estimate of drug-likeness (QED) is 0.436. The third kappa shape index (κ3) is 4.19. The summed E-state index contributed by atoms with van der Waals surface area (Å²) in [5, 5.41) is 0. The first-order valence-corrected chi connectivity index (χ1v) is 3.39. The van der Waals surface area contributed by atoms with Crippen LogP contribution in [0.2, 0.25) is 0 Å². The van der Waals surface area contributed by atoms with Crippen LogP contribution in [0.25, 0.3) is 0 Å². The maximum absolute atomic E-state index is 3.96. The zero-order valence-electron chi connectivity index (χ0n) is 6.99. The van der Waals surface area contributed by atoms with Gasteiger partial charge in [0.1, 0.15) is 12.2 Å². The second-order valence-electron chi connectivity index (χ2n) is 2.25. The number of rotatable bonds is 3. The smallest absolute Gasteiger partial charge is 0.131 e. The summed E-state index contributed by atoms with van der Waals surface area (Å²) in [5.74, 6) is 0.972. The van der Waals surface area contributed by atoms with E-state index in [9.17, 15) is 0 Å². The lowest BCUT2D eigenvalue weighted by Gasteiger charge is -1.99. The Morgan fingerprint density at radius 1 is 1.45 bits per heavy atom. The molecule has 0 fully saturated rings. The van der Waals surface area contributed by atoms with Crippen molar-refractivity contribution < 1.29 is 0 Å². The normalized spacial score (nSPS) is 12.5. The molecule has 0 unspecified atom stereocenters. The molecule has 0 radical (unpaired) electrons. The van der Waals surface area contributed by atoms with Crippen molar-refractivity contribution in [3.05, 3.63) is 12.8 Å². The Morgan fingerprint density at radius 3 is 2.45 bits per heavy atom. The van der Waals surface area contributed by atoms with E-state index in [1.165, 1.54) is 12.5 Å². The molecule has 0 saturated heterocycles. The topological polar surface area (TPSA) is 37.1 Å². The van der Waals surface area contributed by atoms with Crippen molar-refractivity contribution in [3.8, 4) is 0 Å². The van der Waals surface area contributed by atoms with E-state index in [1.54, 1.807) is 0 Å². The molecule has 0 aromatic heterocycles. The van der Waals surface area contributed by atoms with Crippen LogP contribution in [0.3, 0.4) is 0 Å². The number of nitrogens with zero attached hydrogens (tertiary/aromatic N) is 3. The predicted molar refractivity (Wildman–Crippen MR) is 50.5 cm³/mol. The second kappa shape index (κ2) is 5.53. The van der Waals surface area contributed by atoms with Gasteiger partial charge in [0.05, 0.1) is 0 Å². The minimum Gasteiger partial charge on any atom is -0.249 e. The summed E-state index contributed by atoms with van der Waals surface area (Å²) in [6.45, 7) is 10.8. The summed E-state index contributed by atoms with van der Waals surface area (Å²) in [6, 6.07) is 0. The predicted octanol–water partition coefficient (Wildman–Crippen LogP) is 1.91. The van der Waals surface area contributed by atoms with Gasteiger partial charge < -0.3 is 0 Å². The highest BCUT2D eigenvalue weighted by Gasteiger charge is 1.98. The van der Waals surface area contributed by atoms with Gasteiger partial charge in [-0.1, -0.05) is 20.4 Å². The summed E-state index contributed by atoms with van der Waals surface area (Å²) in [4.78, 5) is 11.4. The van der Waals surface area contributed by atoms with Gasteiger partial charge in [0, 0.05) is 12.1 Å². The Balaban J connectivity index is 4.23. The lowest BCUT2D eigenvalue weighted by atomic mass is 10.2. The minimum atomic E-state index is 0.281. The Hall–Kier alpha value is -1.25. The van der Waals surface area contributed by atoms with Crippen molar-refractivity contribution in [1.82, 2.24) is 0 Å². The minimum absolute atomic E-state index is 0.281. The van der Waals surface area contributed by atoms with E-state index in [1.807, 2.05) is 13.8 Å². The second-order valence-corrected chi connectivity index (χ2v) is 2.25. The van der Waals surface area contributed by atoms with Crippen molar-refractivity contribution in [2.24, 2.45) is 20.9 Å². The van der Waals surface area contributed by atoms with E-state index in [0.29, 0.717) is 5.84 Å². The van der Waals surface area contributed by atoms with Gasteiger partial charge in [0.2, 0.25) is 0 Å². The fraction of sp³-hybridized carbons (Fsp3) is 0.375. The van der Waals surface area contributed by atoms with Crippen LogP contribution in [0.4, 0.5) is 0 Å². The molecule has 0 heterocycles. The first kappa shape index (κ1) is 9.75. The largest absolute Gasteiger partial charge is 0.249 e. The van der Waals surface area contributed by atoms with Crippen LogP contribution in [-0.2, 0) is 0 Å². The maximum Gasteiger partial charge on any atom is 0.131 e. The zero-order chi connectivity index (χ0) is 8.69. The molecule has 0 spiro atoms. The van der Waals surface area contributed by atoms with Gasteiger partial charge >= 0.3 is 0 Å². The van der Waals surface area contributed by atoms with Crippen LogP contribution in [0.1, 0.15) is 13.8 Å². The van der Waals surface area contributed by atoms with Crippen LogP contribution >= 0.6 is 0 Å². The summed E-state index contributed by atoms with van der Waals surface area (Å²) < 4.78 is 0. The monoisotopic (exact) mass is 151 g/mol. The lowest BCUT2D eigenvalue weighted by Crippen LogP contribution is -2.03. The zero-order valence-corrected chi connectivity index (χ0v) is 6.99. The molecule has 0 bridgehead atoms. The molecule has 3 heteroatoms. The van der Waals surface area contributed by atoms with Crippen molar-refractivity contribution in [1.29, 1.82) is 0 Å². The van der Waals surface area contributed by atoms with Crippen molar-refractivity contribution in [2.75, 3.05) is 0 Å². The summed E-state index contributed by atoms with van der Waals surface area (Å²) in [5.41, 5.74) is 0. The molecular weight excluding hydrogens is 138 g/mol. The van der Waals surface area contributed by atoms with Gasteiger partial charge in [-0.2, -0.15) is 0 Å². The van der Waals surface area contributed by atoms with E-state index in [2.05, 4.69) is 28.3 Å². The molecule has 0 aliphatic rings. The molecule has 0 aliphatic heterocycles. The van der Waals surface area contributed by atoms with Crippen molar-refractivity contribution in [2.45, 2.75) is 13.8 Å². The summed E-state index contributed by atoms with van der Waals surface area (Å²) >= 11 is 0. The third-order valence-electron chi connectivity index (χ3n) is 1.04. The summed E-state index contributed by atoms with van der Waals surface area (Å²) in [7, 11) is 0. The van der Waals surface area contributed by atoms with Gasteiger partial charge in [-0.15, -0.1) is 0 Å². The van der Waals surface area contributed by atoms with E-state index in [-0.39, 0.29) is 5.92 Å². The molecular formula is C8H13N3. The number of amidine groups is 1. The SMILES string of the molecule is C=C/N=C\N=C(/N=C)C(C)C. The maximum atomic E-state index is 3.96. The van der Waals surface area contributed by atoms with Crippen LogP contribution in [-0.4, -0.2) is 18.9 Å². The molecule has 0 N–H and O–H groups in total. The van der Waals surface area contributed by atoms with E-state index in [4.69, 9.17) is 0 Å². The molecule has 3 nitrogen and oxygen atoms in total. The van der Waals surface area contributed by atoms with Crippen molar-refractivity contribution >= 4 is 18.9 Å². The third-order valence-corrected chi connectivity index (χ3v) is 1.04. The Kier molecular flexibility index (Phi) is 4.90. The molecule has 0 aromatic rings. The van der Waals surface area contributed by atoms with Gasteiger partial charge in [0.25, 0.3) is 0 Å². The Bertz CT molecular complexity index is 190. The standard InChI is InChI=1S/C8H13N3/c1-5-10-6-11-8(9-4)7(2)3/h5-7H,1,4H2,2-3H3/b10-6-,11-8-. The van der Waals surface area contributed by atoms with Crippen LogP contribution in [0, 0.1) is 5.92 Å². The van der Waals surface area contributed by atoms with Gasteiger partial charge in [-0.25, -0.2) is 15.0 Å². The lowest BCUT2D eigenvalue weighted by molar-refractivity contribution is 0.876. The fourth-order valence-electron chi connectivity index (χ4n) is 0.512. The van der Waals surface area contributed by atoms with E-state index < -0.39 is 0 Å². The first-order valence-electron chi connectivity index (χ1n) is 3.39. The fourth-order valence-corrected chi connectivity index (χ4v) is 0.512. The summed E-state index contributed by atoms with van der Waals surface area (Å²) in [6.07, 6.45) is 2.83. The first-order chi connectivity index (χ1) is 5.22. The molecule has 0 atom stereocenters. The molecule has 60 valence electrons. The van der Waals surface area contributed by atoms with Gasteiger partial charge in [-0.3, -0.25) is 0 Å². The molecule has 0 saturated carbocycles. The van der Waals surface area contributed by atoms with Crippen LogP contribution in [0.5, 0.6) is 0 Å².